The molecule has 0 unspecified atom stereocenters. The molecular formula is C15H24N2O4. The van der Waals surface area contributed by atoms with Crippen molar-refractivity contribution in [3.8, 4) is 11.5 Å². The number of ether oxygens (including phenoxy) is 1. The first-order valence-electron chi connectivity index (χ1n) is 7.12. The van der Waals surface area contributed by atoms with Gasteiger partial charge in [0, 0.05) is 19.7 Å². The summed E-state index contributed by atoms with van der Waals surface area (Å²) in [5.41, 5.74) is 6.64. The quantitative estimate of drug-likeness (QED) is 0.488. The van der Waals surface area contributed by atoms with Crippen molar-refractivity contribution < 1.29 is 19.7 Å². The number of likely N-dealkylation sites (N-methyl/N-ethyl adjacent to an activating group) is 1. The highest BCUT2D eigenvalue weighted by Crippen LogP contribution is 2.25. The second kappa shape index (κ2) is 8.49. The van der Waals surface area contributed by atoms with Crippen molar-refractivity contribution in [1.82, 2.24) is 4.90 Å². The minimum absolute atomic E-state index is 0.148. The zero-order valence-corrected chi connectivity index (χ0v) is 12.6. The van der Waals surface area contributed by atoms with E-state index in [0.29, 0.717) is 38.3 Å². The fourth-order valence-corrected chi connectivity index (χ4v) is 2.01. The van der Waals surface area contributed by atoms with E-state index in [0.717, 1.165) is 0 Å². The Kier molecular flexibility index (Phi) is 6.98. The van der Waals surface area contributed by atoms with Crippen molar-refractivity contribution in [1.29, 1.82) is 0 Å². The largest absolute Gasteiger partial charge is 0.504 e. The van der Waals surface area contributed by atoms with Gasteiger partial charge in [0.15, 0.2) is 11.5 Å². The Labute approximate surface area is 125 Å². The lowest BCUT2D eigenvalue weighted by Gasteiger charge is -2.24. The lowest BCUT2D eigenvalue weighted by atomic mass is 10.0. The summed E-state index contributed by atoms with van der Waals surface area (Å²) in [4.78, 5) is 13.9. The Balaban J connectivity index is 2.61. The number of amides is 1. The van der Waals surface area contributed by atoms with Crippen LogP contribution in [0.25, 0.3) is 0 Å². The van der Waals surface area contributed by atoms with E-state index in [1.54, 1.807) is 11.0 Å². The zero-order valence-electron chi connectivity index (χ0n) is 12.6. The highest BCUT2D eigenvalue weighted by molar-refractivity contribution is 5.82. The minimum atomic E-state index is -0.685. The van der Waals surface area contributed by atoms with Gasteiger partial charge in [0.25, 0.3) is 0 Å². The van der Waals surface area contributed by atoms with Gasteiger partial charge in [0.2, 0.25) is 5.91 Å². The number of hydrogen-bond acceptors (Lipinski definition) is 5. The average Bonchev–Trinajstić information content (AvgIpc) is 2.47. The van der Waals surface area contributed by atoms with Gasteiger partial charge in [-0.2, -0.15) is 0 Å². The number of carbonyl (C=O) groups excluding carboxylic acids is 1. The summed E-state index contributed by atoms with van der Waals surface area (Å²) >= 11 is 0. The molecule has 1 aromatic rings. The molecule has 1 aromatic carbocycles. The number of benzene rings is 1. The molecule has 0 fully saturated rings. The van der Waals surface area contributed by atoms with Gasteiger partial charge >= 0.3 is 0 Å². The Morgan fingerprint density at radius 3 is 2.62 bits per heavy atom. The highest BCUT2D eigenvalue weighted by atomic mass is 16.5. The van der Waals surface area contributed by atoms with Crippen LogP contribution in [0, 0.1) is 0 Å². The van der Waals surface area contributed by atoms with E-state index < -0.39 is 6.04 Å². The lowest BCUT2D eigenvalue weighted by Crippen LogP contribution is -2.46. The number of phenols is 2. The first-order valence-corrected chi connectivity index (χ1v) is 7.12. The van der Waals surface area contributed by atoms with Crippen molar-refractivity contribution in [3.05, 3.63) is 23.8 Å². The zero-order chi connectivity index (χ0) is 15.8. The molecule has 0 heterocycles. The second-order valence-electron chi connectivity index (χ2n) is 4.75. The molecule has 0 bridgehead atoms. The summed E-state index contributed by atoms with van der Waals surface area (Å²) in [6.45, 7) is 5.98. The predicted molar refractivity (Wildman–Crippen MR) is 80.2 cm³/mol. The Hall–Kier alpha value is -1.79. The van der Waals surface area contributed by atoms with E-state index in [-0.39, 0.29) is 17.4 Å². The molecule has 0 aliphatic rings. The lowest BCUT2D eigenvalue weighted by molar-refractivity contribution is -0.133. The summed E-state index contributed by atoms with van der Waals surface area (Å²) in [5.74, 6) is -0.550. The Morgan fingerprint density at radius 2 is 2.05 bits per heavy atom. The maximum Gasteiger partial charge on any atom is 0.239 e. The summed E-state index contributed by atoms with van der Waals surface area (Å²) in [6, 6.07) is 3.75. The van der Waals surface area contributed by atoms with Gasteiger partial charge in [-0.05, 0) is 38.0 Å². The van der Waals surface area contributed by atoms with Crippen molar-refractivity contribution >= 4 is 5.91 Å². The fourth-order valence-electron chi connectivity index (χ4n) is 2.01. The molecular weight excluding hydrogens is 272 g/mol. The van der Waals surface area contributed by atoms with Crippen LogP contribution in [-0.2, 0) is 16.0 Å². The molecule has 0 aromatic heterocycles. The Morgan fingerprint density at radius 1 is 1.33 bits per heavy atom. The van der Waals surface area contributed by atoms with Crippen LogP contribution in [0.4, 0.5) is 0 Å². The minimum Gasteiger partial charge on any atom is -0.504 e. The number of nitrogens with two attached hydrogens (primary N) is 1. The van der Waals surface area contributed by atoms with Crippen LogP contribution >= 0.6 is 0 Å². The first kappa shape index (κ1) is 17.3. The van der Waals surface area contributed by atoms with Gasteiger partial charge in [-0.25, -0.2) is 0 Å². The summed E-state index contributed by atoms with van der Waals surface area (Å²) < 4.78 is 5.25. The van der Waals surface area contributed by atoms with E-state index in [4.69, 9.17) is 10.5 Å². The number of rotatable bonds is 8. The molecule has 118 valence electrons. The molecule has 21 heavy (non-hydrogen) atoms. The van der Waals surface area contributed by atoms with Gasteiger partial charge < -0.3 is 25.6 Å². The van der Waals surface area contributed by atoms with Crippen LogP contribution in [-0.4, -0.2) is 53.4 Å². The molecule has 0 radical (unpaired) electrons. The maximum absolute atomic E-state index is 12.3. The third-order valence-corrected chi connectivity index (χ3v) is 3.22. The van der Waals surface area contributed by atoms with Crippen LogP contribution in [0.5, 0.6) is 11.5 Å². The van der Waals surface area contributed by atoms with Crippen molar-refractivity contribution in [2.75, 3.05) is 26.3 Å². The molecule has 1 rings (SSSR count). The fraction of sp³-hybridized carbons (Fsp3) is 0.533. The number of phenolic OH excluding ortho intramolecular Hbond substituents is 2. The number of aromatic hydroxyl groups is 2. The summed E-state index contributed by atoms with van der Waals surface area (Å²) in [5, 5.41) is 18.7. The smallest absolute Gasteiger partial charge is 0.239 e. The molecule has 0 saturated carbocycles. The first-order chi connectivity index (χ1) is 9.99. The van der Waals surface area contributed by atoms with Crippen LogP contribution < -0.4 is 5.73 Å². The van der Waals surface area contributed by atoms with Crippen LogP contribution in [0.1, 0.15) is 19.4 Å². The highest BCUT2D eigenvalue weighted by Gasteiger charge is 2.20. The van der Waals surface area contributed by atoms with Crippen molar-refractivity contribution in [2.24, 2.45) is 5.73 Å². The van der Waals surface area contributed by atoms with E-state index in [9.17, 15) is 15.0 Å². The van der Waals surface area contributed by atoms with Crippen LogP contribution in [0.15, 0.2) is 18.2 Å². The number of carbonyl (C=O) groups is 1. The summed E-state index contributed by atoms with van der Waals surface area (Å²) in [6.07, 6.45) is 0.303. The Bertz CT molecular complexity index is 465. The number of hydrogen-bond donors (Lipinski definition) is 3. The molecule has 0 aliphatic heterocycles. The van der Waals surface area contributed by atoms with Gasteiger partial charge in [0.05, 0.1) is 12.6 Å². The maximum atomic E-state index is 12.3. The summed E-state index contributed by atoms with van der Waals surface area (Å²) in [7, 11) is 0. The van der Waals surface area contributed by atoms with Crippen molar-refractivity contribution in [2.45, 2.75) is 26.3 Å². The molecule has 6 heteroatoms. The SMILES string of the molecule is CCOCCN(CC)C(=O)[C@@H](N)Cc1ccc(O)c(O)c1. The standard InChI is InChI=1S/C15H24N2O4/c1-3-17(7-8-21-4-2)15(20)12(16)9-11-5-6-13(18)14(19)10-11/h5-6,10,12,18-19H,3-4,7-9,16H2,1-2H3/t12-/m0/s1. The van der Waals surface area contributed by atoms with Crippen molar-refractivity contribution in [3.63, 3.8) is 0 Å². The monoisotopic (exact) mass is 296 g/mol. The van der Waals surface area contributed by atoms with E-state index >= 15 is 0 Å². The van der Waals surface area contributed by atoms with Gasteiger partial charge in [-0.1, -0.05) is 6.07 Å². The number of nitrogens with zero attached hydrogens (tertiary/aromatic N) is 1. The normalized spacial score (nSPS) is 12.1. The molecule has 0 aliphatic carbocycles. The van der Waals surface area contributed by atoms with Crippen LogP contribution in [0.2, 0.25) is 0 Å². The van der Waals surface area contributed by atoms with Gasteiger partial charge in [0.1, 0.15) is 0 Å². The predicted octanol–water partition coefficient (Wildman–Crippen LogP) is 0.853. The third-order valence-electron chi connectivity index (χ3n) is 3.22. The van der Waals surface area contributed by atoms with E-state index in [1.807, 2.05) is 13.8 Å². The van der Waals surface area contributed by atoms with Gasteiger partial charge in [-0.15, -0.1) is 0 Å². The van der Waals surface area contributed by atoms with Gasteiger partial charge in [-0.3, -0.25) is 4.79 Å². The van der Waals surface area contributed by atoms with E-state index in [1.165, 1.54) is 12.1 Å². The molecule has 1 atom stereocenters. The van der Waals surface area contributed by atoms with E-state index in [2.05, 4.69) is 0 Å². The molecule has 1 amide bonds. The molecule has 0 saturated heterocycles. The third kappa shape index (κ3) is 5.24. The second-order valence-corrected chi connectivity index (χ2v) is 4.75. The molecule has 0 spiro atoms. The molecule has 6 nitrogen and oxygen atoms in total. The molecule has 4 N–H and O–H groups in total. The average molecular weight is 296 g/mol. The topological polar surface area (TPSA) is 96.0 Å². The van der Waals surface area contributed by atoms with Crippen LogP contribution in [0.3, 0.4) is 0 Å².